The second-order valence-corrected chi connectivity index (χ2v) is 6.33. The molecule has 3 heterocycles. The van der Waals surface area contributed by atoms with E-state index in [1.165, 1.54) is 17.8 Å². The number of pyridine rings is 2. The first kappa shape index (κ1) is 20.4. The van der Waals surface area contributed by atoms with Gasteiger partial charge >= 0.3 is 0 Å². The van der Waals surface area contributed by atoms with Crippen molar-refractivity contribution in [2.75, 3.05) is 0 Å². The van der Waals surface area contributed by atoms with Gasteiger partial charge in [0.15, 0.2) is 17.5 Å². The Kier molecular flexibility index (Phi) is 5.99. The fraction of sp³-hybridized carbons (Fsp3) is 0.250. The van der Waals surface area contributed by atoms with Gasteiger partial charge in [-0.15, -0.1) is 10.2 Å². The number of nitrogens with zero attached hydrogens (tertiary/aromatic N) is 8. The molecule has 0 atom stereocenters. The van der Waals surface area contributed by atoms with Crippen molar-refractivity contribution in [2.45, 2.75) is 33.2 Å². The second-order valence-electron chi connectivity index (χ2n) is 6.33. The molecule has 10 heteroatoms. The van der Waals surface area contributed by atoms with E-state index >= 15 is 0 Å². The number of hydrogen-bond acceptors (Lipinski definition) is 6. The van der Waals surface area contributed by atoms with Gasteiger partial charge in [0.05, 0.1) is 19.3 Å². The van der Waals surface area contributed by atoms with Gasteiger partial charge in [0.2, 0.25) is 5.69 Å². The predicted molar refractivity (Wildman–Crippen MR) is 110 cm³/mol. The maximum Gasteiger partial charge on any atom is 0.279 e. The van der Waals surface area contributed by atoms with E-state index in [4.69, 9.17) is 13.1 Å². The Morgan fingerprint density at radius 1 is 1.23 bits per heavy atom. The highest BCUT2D eigenvalue weighted by molar-refractivity contribution is 5.68. The van der Waals surface area contributed by atoms with Crippen molar-refractivity contribution in [3.63, 3.8) is 0 Å². The van der Waals surface area contributed by atoms with Crippen LogP contribution in [0.4, 0.5) is 22.9 Å². The number of aromatic nitrogens is 4. The molecule has 0 saturated carbocycles. The maximum atomic E-state index is 12.9. The molecule has 0 unspecified atom stereocenters. The highest BCUT2D eigenvalue weighted by Gasteiger charge is 2.20. The SMILES string of the molecule is [C-]#[N+]c1cnn(-c2ccccn2)c1N=Nc1c(C)c([N+]#[C-])c(O)n(CCCC)c1=O. The van der Waals surface area contributed by atoms with Crippen LogP contribution in [0.2, 0.25) is 0 Å². The first-order valence-electron chi connectivity index (χ1n) is 9.15. The molecule has 0 aliphatic heterocycles. The first-order chi connectivity index (χ1) is 14.5. The van der Waals surface area contributed by atoms with E-state index in [-0.39, 0.29) is 40.9 Å². The van der Waals surface area contributed by atoms with Crippen molar-refractivity contribution in [2.24, 2.45) is 10.2 Å². The second kappa shape index (κ2) is 8.80. The molecule has 0 spiro atoms. The van der Waals surface area contributed by atoms with Crippen molar-refractivity contribution >= 4 is 22.9 Å². The molecule has 0 radical (unpaired) electrons. The van der Waals surface area contributed by atoms with Crippen LogP contribution in [-0.2, 0) is 6.54 Å². The smallest absolute Gasteiger partial charge is 0.279 e. The van der Waals surface area contributed by atoms with Gasteiger partial charge < -0.3 is 5.11 Å². The Labute approximate surface area is 172 Å². The fourth-order valence-electron chi connectivity index (χ4n) is 2.82. The Morgan fingerprint density at radius 2 is 2.03 bits per heavy atom. The minimum atomic E-state index is -0.553. The van der Waals surface area contributed by atoms with Crippen LogP contribution in [0.1, 0.15) is 25.3 Å². The molecule has 0 bridgehead atoms. The van der Waals surface area contributed by atoms with Crippen molar-refractivity contribution in [3.05, 3.63) is 69.3 Å². The number of rotatable bonds is 6. The monoisotopic (exact) mass is 402 g/mol. The van der Waals surface area contributed by atoms with E-state index in [2.05, 4.69) is 30.0 Å². The van der Waals surface area contributed by atoms with Gasteiger partial charge in [0.1, 0.15) is 5.69 Å². The van der Waals surface area contributed by atoms with E-state index in [1.54, 1.807) is 24.4 Å². The van der Waals surface area contributed by atoms with Crippen LogP contribution in [0, 0.1) is 20.1 Å². The number of aromatic hydroxyl groups is 1. The standard InChI is InChI=1S/C20H18N8O2/c1-5-6-11-27-19(29)16(22-4)13(2)17(20(27)30)25-26-18-14(21-3)12-24-28(18)15-9-7-8-10-23-15/h7-10,12,29H,5-6,11H2,1-2H3. The molecule has 0 saturated heterocycles. The zero-order valence-corrected chi connectivity index (χ0v) is 16.4. The highest BCUT2D eigenvalue weighted by atomic mass is 16.3. The third-order valence-electron chi connectivity index (χ3n) is 4.43. The zero-order valence-electron chi connectivity index (χ0n) is 16.4. The largest absolute Gasteiger partial charge is 0.503 e. The predicted octanol–water partition coefficient (Wildman–Crippen LogP) is 4.76. The lowest BCUT2D eigenvalue weighted by atomic mass is 10.2. The molecule has 0 aromatic carbocycles. The Bertz CT molecular complexity index is 1240. The molecule has 150 valence electrons. The summed E-state index contributed by atoms with van der Waals surface area (Å²) < 4.78 is 2.47. The fourth-order valence-corrected chi connectivity index (χ4v) is 2.82. The Morgan fingerprint density at radius 3 is 2.67 bits per heavy atom. The summed E-state index contributed by atoms with van der Waals surface area (Å²) in [6, 6.07) is 5.20. The molecule has 0 amide bonds. The van der Waals surface area contributed by atoms with Gasteiger partial charge in [0, 0.05) is 12.7 Å². The molecule has 10 nitrogen and oxygen atoms in total. The quantitative estimate of drug-likeness (QED) is 0.474. The molecule has 0 fully saturated rings. The normalized spacial score (nSPS) is 10.8. The summed E-state index contributed by atoms with van der Waals surface area (Å²) in [5.74, 6) is 0.173. The topological polar surface area (TPSA) is 106 Å². The lowest BCUT2D eigenvalue weighted by Gasteiger charge is -2.12. The summed E-state index contributed by atoms with van der Waals surface area (Å²) in [5, 5.41) is 22.7. The van der Waals surface area contributed by atoms with E-state index in [0.29, 0.717) is 12.2 Å². The summed E-state index contributed by atoms with van der Waals surface area (Å²) in [7, 11) is 0. The van der Waals surface area contributed by atoms with E-state index in [0.717, 1.165) is 11.0 Å². The number of unbranched alkanes of at least 4 members (excludes halogenated alkanes) is 1. The van der Waals surface area contributed by atoms with Crippen LogP contribution in [0.3, 0.4) is 0 Å². The van der Waals surface area contributed by atoms with E-state index < -0.39 is 5.56 Å². The lowest BCUT2D eigenvalue weighted by molar-refractivity contribution is 0.405. The third kappa shape index (κ3) is 3.66. The average molecular weight is 402 g/mol. The minimum Gasteiger partial charge on any atom is -0.503 e. The van der Waals surface area contributed by atoms with Crippen molar-refractivity contribution in [1.29, 1.82) is 0 Å². The van der Waals surface area contributed by atoms with Crippen LogP contribution >= 0.6 is 0 Å². The molecule has 1 N–H and O–H groups in total. The zero-order chi connectivity index (χ0) is 21.7. The van der Waals surface area contributed by atoms with Gasteiger partial charge in [-0.25, -0.2) is 19.4 Å². The minimum absolute atomic E-state index is 0.0525. The van der Waals surface area contributed by atoms with Crippen LogP contribution < -0.4 is 5.56 Å². The average Bonchev–Trinajstić information content (AvgIpc) is 3.17. The lowest BCUT2D eigenvalue weighted by Crippen LogP contribution is -2.20. The molecule has 3 aromatic heterocycles. The highest BCUT2D eigenvalue weighted by Crippen LogP contribution is 2.36. The van der Waals surface area contributed by atoms with E-state index in [1.807, 2.05) is 6.92 Å². The van der Waals surface area contributed by atoms with Crippen molar-refractivity contribution < 1.29 is 5.11 Å². The molecule has 30 heavy (non-hydrogen) atoms. The van der Waals surface area contributed by atoms with E-state index in [9.17, 15) is 9.90 Å². The van der Waals surface area contributed by atoms with Crippen LogP contribution in [0.25, 0.3) is 15.5 Å². The van der Waals surface area contributed by atoms with Crippen molar-refractivity contribution in [3.8, 4) is 11.7 Å². The van der Waals surface area contributed by atoms with Gasteiger partial charge in [-0.2, -0.15) is 5.10 Å². The van der Waals surface area contributed by atoms with Crippen LogP contribution in [0.5, 0.6) is 5.88 Å². The molecule has 0 aliphatic carbocycles. The Balaban J connectivity index is 2.16. The molecule has 3 aromatic rings. The molecule has 3 rings (SSSR count). The summed E-state index contributed by atoms with van der Waals surface area (Å²) >= 11 is 0. The van der Waals surface area contributed by atoms with Gasteiger partial charge in [-0.05, 0) is 31.0 Å². The van der Waals surface area contributed by atoms with Gasteiger partial charge in [-0.1, -0.05) is 19.4 Å². The molecular formula is C20H18N8O2. The summed E-state index contributed by atoms with van der Waals surface area (Å²) in [6.45, 7) is 18.4. The first-order valence-corrected chi connectivity index (χ1v) is 9.15. The summed E-state index contributed by atoms with van der Waals surface area (Å²) in [4.78, 5) is 23.8. The van der Waals surface area contributed by atoms with Gasteiger partial charge in [0.25, 0.3) is 11.2 Å². The third-order valence-corrected chi connectivity index (χ3v) is 4.43. The summed E-state index contributed by atoms with van der Waals surface area (Å²) in [5.41, 5.74) is -0.319. The maximum absolute atomic E-state index is 12.9. The number of hydrogen-bond donors (Lipinski definition) is 1. The summed E-state index contributed by atoms with van der Waals surface area (Å²) in [6.07, 6.45) is 4.37. The molecule has 0 aliphatic rings. The number of azo groups is 1. The van der Waals surface area contributed by atoms with Crippen molar-refractivity contribution in [1.82, 2.24) is 19.3 Å². The Hall–Kier alpha value is -4.31. The van der Waals surface area contributed by atoms with Gasteiger partial charge in [-0.3, -0.25) is 9.36 Å². The molecular weight excluding hydrogens is 384 g/mol. The van der Waals surface area contributed by atoms with Crippen LogP contribution in [-0.4, -0.2) is 24.4 Å². The van der Waals surface area contributed by atoms with Crippen LogP contribution in [0.15, 0.2) is 45.6 Å².